The van der Waals surface area contributed by atoms with E-state index in [0.29, 0.717) is 0 Å². The van der Waals surface area contributed by atoms with Crippen molar-refractivity contribution < 1.29 is 0 Å². The van der Waals surface area contributed by atoms with Gasteiger partial charge in [-0.15, -0.1) is 0 Å². The molecular weight excluding hydrogens is 218 g/mol. The second-order valence-electron chi connectivity index (χ2n) is 4.71. The van der Waals surface area contributed by atoms with Gasteiger partial charge in [-0.05, 0) is 30.9 Å². The number of rotatable bonds is 5. The first-order chi connectivity index (χ1) is 8.79. The van der Waals surface area contributed by atoms with E-state index in [9.17, 15) is 0 Å². The summed E-state index contributed by atoms with van der Waals surface area (Å²) in [5, 5.41) is 7.61. The lowest BCUT2D eigenvalue weighted by Gasteiger charge is -2.12. The molecule has 1 N–H and O–H groups in total. The monoisotopic (exact) mass is 237 g/mol. The minimum atomic E-state index is 0.227. The summed E-state index contributed by atoms with van der Waals surface area (Å²) in [5.41, 5.74) is 3.86. The fraction of sp³-hybridized carbons (Fsp3) is 0.235. The quantitative estimate of drug-likeness (QED) is 0.747. The molecule has 1 unspecified atom stereocenters. The topological polar surface area (TPSA) is 23.9 Å². The van der Waals surface area contributed by atoms with Crippen LogP contribution in [0.2, 0.25) is 0 Å². The Hall–Kier alpha value is -1.89. The first kappa shape index (κ1) is 12.6. The molecule has 0 aliphatic carbocycles. The van der Waals surface area contributed by atoms with Crippen molar-refractivity contribution >= 4 is 6.21 Å². The van der Waals surface area contributed by atoms with Crippen LogP contribution >= 0.6 is 0 Å². The molecule has 0 heterocycles. The molecule has 18 heavy (non-hydrogen) atoms. The average Bonchev–Trinajstić information content (AvgIpc) is 2.41. The van der Waals surface area contributed by atoms with Gasteiger partial charge in [-0.1, -0.05) is 60.2 Å². The van der Waals surface area contributed by atoms with Gasteiger partial charge in [0.25, 0.3) is 0 Å². The summed E-state index contributed by atoms with van der Waals surface area (Å²) in [5.74, 6) is 0.227. The molecule has 1 nitrogen and oxygen atoms in total. The lowest BCUT2D eigenvalue weighted by Crippen LogP contribution is -2.02. The number of hydrogen-bond acceptors (Lipinski definition) is 1. The second kappa shape index (κ2) is 6.15. The first-order valence-electron chi connectivity index (χ1n) is 6.40. The Balaban J connectivity index is 2.04. The number of hydrogen-bond donors (Lipinski definition) is 1. The maximum Gasteiger partial charge on any atom is 0.0189 e. The molecule has 0 amide bonds. The molecule has 0 saturated heterocycles. The van der Waals surface area contributed by atoms with E-state index in [1.165, 1.54) is 16.7 Å². The van der Waals surface area contributed by atoms with Crippen LogP contribution in [0.3, 0.4) is 0 Å². The molecule has 0 bridgehead atoms. The Morgan fingerprint density at radius 2 is 1.83 bits per heavy atom. The number of aryl methyl sites for hydroxylation is 2. The second-order valence-corrected chi connectivity index (χ2v) is 4.71. The predicted octanol–water partition coefficient (Wildman–Crippen LogP) is 4.36. The van der Waals surface area contributed by atoms with Crippen LogP contribution in [0.25, 0.3) is 0 Å². The summed E-state index contributed by atoms with van der Waals surface area (Å²) < 4.78 is 0. The largest absolute Gasteiger partial charge is 0.312 e. The molecule has 1 heteroatoms. The third kappa shape index (κ3) is 3.30. The van der Waals surface area contributed by atoms with Crippen molar-refractivity contribution in [2.75, 3.05) is 0 Å². The summed E-state index contributed by atoms with van der Waals surface area (Å²) >= 11 is 0. The fourth-order valence-corrected chi connectivity index (χ4v) is 2.21. The van der Waals surface area contributed by atoms with Crippen molar-refractivity contribution in [1.82, 2.24) is 0 Å². The summed E-state index contributed by atoms with van der Waals surface area (Å²) in [6.45, 7) is 2.10. The SMILES string of the molecule is Cc1cccc(C(C=N)CCc2ccccc2)c1. The third-order valence-corrected chi connectivity index (χ3v) is 3.26. The van der Waals surface area contributed by atoms with E-state index in [1.807, 2.05) is 6.07 Å². The van der Waals surface area contributed by atoms with Crippen LogP contribution in [0, 0.1) is 12.3 Å². The fourth-order valence-electron chi connectivity index (χ4n) is 2.21. The highest BCUT2D eigenvalue weighted by molar-refractivity contribution is 5.64. The molecule has 2 aromatic rings. The lowest BCUT2D eigenvalue weighted by molar-refractivity contribution is 0.773. The number of nitrogens with one attached hydrogen (secondary N) is 1. The zero-order valence-electron chi connectivity index (χ0n) is 10.8. The molecule has 0 aliphatic heterocycles. The maximum atomic E-state index is 7.61. The van der Waals surface area contributed by atoms with E-state index in [-0.39, 0.29) is 5.92 Å². The van der Waals surface area contributed by atoms with Gasteiger partial charge >= 0.3 is 0 Å². The normalized spacial score (nSPS) is 12.1. The Morgan fingerprint density at radius 3 is 2.50 bits per heavy atom. The van der Waals surface area contributed by atoms with Gasteiger partial charge in [0.1, 0.15) is 0 Å². The molecule has 2 rings (SSSR count). The maximum absolute atomic E-state index is 7.61. The summed E-state index contributed by atoms with van der Waals surface area (Å²) in [6.07, 6.45) is 3.59. The van der Waals surface area contributed by atoms with Crippen molar-refractivity contribution in [2.24, 2.45) is 0 Å². The van der Waals surface area contributed by atoms with E-state index >= 15 is 0 Å². The van der Waals surface area contributed by atoms with E-state index in [0.717, 1.165) is 12.8 Å². The molecule has 2 aromatic carbocycles. The minimum absolute atomic E-state index is 0.227. The minimum Gasteiger partial charge on any atom is -0.312 e. The highest BCUT2D eigenvalue weighted by Gasteiger charge is 2.08. The molecule has 0 saturated carbocycles. The van der Waals surface area contributed by atoms with Crippen LogP contribution in [0.4, 0.5) is 0 Å². The van der Waals surface area contributed by atoms with E-state index in [4.69, 9.17) is 5.41 Å². The first-order valence-corrected chi connectivity index (χ1v) is 6.40. The predicted molar refractivity (Wildman–Crippen MR) is 77.5 cm³/mol. The van der Waals surface area contributed by atoms with E-state index in [1.54, 1.807) is 6.21 Å². The molecule has 0 aromatic heterocycles. The molecule has 0 radical (unpaired) electrons. The molecule has 0 fully saturated rings. The van der Waals surface area contributed by atoms with Crippen LogP contribution in [-0.2, 0) is 6.42 Å². The molecule has 0 spiro atoms. The van der Waals surface area contributed by atoms with Gasteiger partial charge in [0.05, 0.1) is 0 Å². The van der Waals surface area contributed by atoms with Gasteiger partial charge in [0.2, 0.25) is 0 Å². The molecule has 0 aliphatic rings. The van der Waals surface area contributed by atoms with Gasteiger partial charge in [-0.3, -0.25) is 0 Å². The molecular formula is C17H19N. The lowest BCUT2D eigenvalue weighted by atomic mass is 9.92. The highest BCUT2D eigenvalue weighted by Crippen LogP contribution is 2.20. The van der Waals surface area contributed by atoms with Crippen molar-refractivity contribution in [3.63, 3.8) is 0 Å². The van der Waals surface area contributed by atoms with Crippen molar-refractivity contribution in [1.29, 1.82) is 5.41 Å². The van der Waals surface area contributed by atoms with E-state index < -0.39 is 0 Å². The van der Waals surface area contributed by atoms with Crippen LogP contribution in [0.1, 0.15) is 29.0 Å². The Kier molecular flexibility index (Phi) is 4.30. The van der Waals surface area contributed by atoms with Crippen molar-refractivity contribution in [3.8, 4) is 0 Å². The molecule has 92 valence electrons. The Morgan fingerprint density at radius 1 is 1.06 bits per heavy atom. The summed E-state index contributed by atoms with van der Waals surface area (Å²) in [6, 6.07) is 19.0. The third-order valence-electron chi connectivity index (χ3n) is 3.26. The zero-order valence-corrected chi connectivity index (χ0v) is 10.8. The average molecular weight is 237 g/mol. The number of benzene rings is 2. The van der Waals surface area contributed by atoms with Crippen LogP contribution in [0.5, 0.6) is 0 Å². The van der Waals surface area contributed by atoms with Crippen LogP contribution in [-0.4, -0.2) is 6.21 Å². The standard InChI is InChI=1S/C17H19N/c1-14-6-5-9-16(12-14)17(13-18)11-10-15-7-3-2-4-8-15/h2-9,12-13,17-18H,10-11H2,1H3. The van der Waals surface area contributed by atoms with E-state index in [2.05, 4.69) is 55.5 Å². The van der Waals surface area contributed by atoms with Crippen molar-refractivity contribution in [2.45, 2.75) is 25.7 Å². The Bertz CT molecular complexity index is 502. The van der Waals surface area contributed by atoms with Crippen LogP contribution in [0.15, 0.2) is 54.6 Å². The van der Waals surface area contributed by atoms with Gasteiger partial charge in [-0.2, -0.15) is 0 Å². The van der Waals surface area contributed by atoms with Gasteiger partial charge < -0.3 is 5.41 Å². The van der Waals surface area contributed by atoms with Gasteiger partial charge in [-0.25, -0.2) is 0 Å². The summed E-state index contributed by atoms with van der Waals surface area (Å²) in [4.78, 5) is 0. The summed E-state index contributed by atoms with van der Waals surface area (Å²) in [7, 11) is 0. The van der Waals surface area contributed by atoms with Gasteiger partial charge in [0.15, 0.2) is 0 Å². The highest BCUT2D eigenvalue weighted by atomic mass is 14.4. The Labute approximate surface area is 109 Å². The van der Waals surface area contributed by atoms with Gasteiger partial charge in [0, 0.05) is 12.1 Å². The zero-order chi connectivity index (χ0) is 12.8. The van der Waals surface area contributed by atoms with Crippen LogP contribution < -0.4 is 0 Å². The van der Waals surface area contributed by atoms with Crippen molar-refractivity contribution in [3.05, 3.63) is 71.3 Å². The smallest absolute Gasteiger partial charge is 0.0189 e. The molecule has 1 atom stereocenters.